The quantitative estimate of drug-likeness (QED) is 0.841. The Morgan fingerprint density at radius 2 is 2.19 bits per heavy atom. The second-order valence-corrected chi connectivity index (χ2v) is 4.41. The lowest BCUT2D eigenvalue weighted by atomic mass is 9.81. The highest BCUT2D eigenvalue weighted by Crippen LogP contribution is 2.29. The van der Waals surface area contributed by atoms with Gasteiger partial charge in [-0.15, -0.1) is 0 Å². The molecule has 1 aromatic rings. The van der Waals surface area contributed by atoms with Crippen molar-refractivity contribution in [1.82, 2.24) is 0 Å². The predicted octanol–water partition coefficient (Wildman–Crippen LogP) is 3.27. The van der Waals surface area contributed by atoms with Crippen LogP contribution in [-0.4, -0.2) is 12.3 Å². The van der Waals surface area contributed by atoms with E-state index in [2.05, 4.69) is 25.2 Å². The lowest BCUT2D eigenvalue weighted by Crippen LogP contribution is -2.22. The van der Waals surface area contributed by atoms with Gasteiger partial charge in [0.1, 0.15) is 0 Å². The van der Waals surface area contributed by atoms with E-state index >= 15 is 0 Å². The summed E-state index contributed by atoms with van der Waals surface area (Å²) in [5, 5.41) is 3.29. The fourth-order valence-electron chi connectivity index (χ4n) is 2.43. The molecule has 0 aliphatic heterocycles. The molecule has 16 heavy (non-hydrogen) atoms. The van der Waals surface area contributed by atoms with Crippen LogP contribution in [0.5, 0.6) is 0 Å². The molecular weight excluding hydrogens is 198 g/mol. The van der Waals surface area contributed by atoms with E-state index in [1.54, 1.807) is 0 Å². The van der Waals surface area contributed by atoms with Crippen molar-refractivity contribution >= 4 is 11.5 Å². The first kappa shape index (κ1) is 11.2. The van der Waals surface area contributed by atoms with E-state index in [1.807, 2.05) is 12.1 Å². The summed E-state index contributed by atoms with van der Waals surface area (Å²) in [6, 6.07) is 6.12. The van der Waals surface area contributed by atoms with Crippen LogP contribution in [0.2, 0.25) is 0 Å². The lowest BCUT2D eigenvalue weighted by molar-refractivity contribution is 0.0899. The topological polar surface area (TPSA) is 29.1 Å². The Bertz CT molecular complexity index is 398. The fourth-order valence-corrected chi connectivity index (χ4v) is 2.43. The van der Waals surface area contributed by atoms with E-state index in [0.29, 0.717) is 5.78 Å². The Hall–Kier alpha value is -1.31. The number of hydrogen-bond acceptors (Lipinski definition) is 2. The van der Waals surface area contributed by atoms with Crippen LogP contribution in [0.25, 0.3) is 0 Å². The summed E-state index contributed by atoms with van der Waals surface area (Å²) in [5.41, 5.74) is 3.29. The molecule has 0 fully saturated rings. The molecular formula is C14H19NO. The molecule has 0 amide bonds. The average Bonchev–Trinajstić information content (AvgIpc) is 2.30. The third-order valence-corrected chi connectivity index (χ3v) is 3.38. The highest BCUT2D eigenvalue weighted by Gasteiger charge is 2.25. The van der Waals surface area contributed by atoms with Crippen LogP contribution in [0.4, 0.5) is 5.69 Å². The minimum atomic E-state index is 0.248. The van der Waals surface area contributed by atoms with Gasteiger partial charge in [0.05, 0.1) is 0 Å². The maximum atomic E-state index is 12.1. The number of fused-ring (bicyclic) bond motifs is 1. The zero-order valence-electron chi connectivity index (χ0n) is 10.0. The fraction of sp³-hybridized carbons (Fsp3) is 0.500. The standard InChI is InChI=1S/C14H19NO/c1-3-10-5-6-11-9-12(15-4-2)7-8-13(11)14(10)16/h7-10,15H,3-6H2,1-2H3/t10-/m1/s1. The van der Waals surface area contributed by atoms with Crippen molar-refractivity contribution in [3.05, 3.63) is 29.3 Å². The zero-order chi connectivity index (χ0) is 11.5. The number of benzene rings is 1. The Kier molecular flexibility index (Phi) is 3.28. The summed E-state index contributed by atoms with van der Waals surface area (Å²) in [5.74, 6) is 0.587. The van der Waals surface area contributed by atoms with Crippen LogP contribution >= 0.6 is 0 Å². The third-order valence-electron chi connectivity index (χ3n) is 3.38. The van der Waals surface area contributed by atoms with Gasteiger partial charge in [-0.05, 0) is 49.9 Å². The van der Waals surface area contributed by atoms with Gasteiger partial charge in [-0.3, -0.25) is 4.79 Å². The minimum absolute atomic E-state index is 0.248. The molecule has 0 heterocycles. The Labute approximate surface area is 97.1 Å². The van der Waals surface area contributed by atoms with Crippen molar-refractivity contribution in [2.45, 2.75) is 33.1 Å². The predicted molar refractivity (Wildman–Crippen MR) is 67.0 cm³/mol. The number of Topliss-reactive ketones (excluding diaryl/α,β-unsaturated/α-hetero) is 1. The van der Waals surface area contributed by atoms with Crippen LogP contribution in [0.15, 0.2) is 18.2 Å². The molecule has 1 N–H and O–H groups in total. The molecule has 86 valence electrons. The van der Waals surface area contributed by atoms with Crippen molar-refractivity contribution in [2.75, 3.05) is 11.9 Å². The highest BCUT2D eigenvalue weighted by molar-refractivity contribution is 6.00. The molecule has 2 heteroatoms. The molecule has 1 atom stereocenters. The Morgan fingerprint density at radius 1 is 1.38 bits per heavy atom. The summed E-state index contributed by atoms with van der Waals surface area (Å²) in [6.07, 6.45) is 3.02. The van der Waals surface area contributed by atoms with Gasteiger partial charge in [0.15, 0.2) is 5.78 Å². The Balaban J connectivity index is 2.29. The minimum Gasteiger partial charge on any atom is -0.385 e. The summed E-state index contributed by atoms with van der Waals surface area (Å²) < 4.78 is 0. The van der Waals surface area contributed by atoms with Gasteiger partial charge in [0, 0.05) is 23.7 Å². The monoisotopic (exact) mass is 217 g/mol. The van der Waals surface area contributed by atoms with E-state index in [4.69, 9.17) is 0 Å². The van der Waals surface area contributed by atoms with Crippen LogP contribution in [-0.2, 0) is 6.42 Å². The van der Waals surface area contributed by atoms with E-state index in [-0.39, 0.29) is 5.92 Å². The van der Waals surface area contributed by atoms with Crippen LogP contribution < -0.4 is 5.32 Å². The molecule has 1 aliphatic carbocycles. The average molecular weight is 217 g/mol. The number of aryl methyl sites for hydroxylation is 1. The number of carbonyl (C=O) groups is 1. The smallest absolute Gasteiger partial charge is 0.166 e. The molecule has 2 rings (SSSR count). The third kappa shape index (κ3) is 1.97. The molecule has 0 spiro atoms. The van der Waals surface area contributed by atoms with E-state index in [9.17, 15) is 4.79 Å². The summed E-state index contributed by atoms with van der Waals surface area (Å²) >= 11 is 0. The number of rotatable bonds is 3. The Morgan fingerprint density at radius 3 is 2.88 bits per heavy atom. The molecule has 0 saturated heterocycles. The van der Waals surface area contributed by atoms with Crippen LogP contribution in [0.1, 0.15) is 42.6 Å². The van der Waals surface area contributed by atoms with E-state index < -0.39 is 0 Å². The van der Waals surface area contributed by atoms with Gasteiger partial charge < -0.3 is 5.32 Å². The highest BCUT2D eigenvalue weighted by atomic mass is 16.1. The number of ketones is 1. The number of hydrogen-bond donors (Lipinski definition) is 1. The molecule has 1 aliphatic rings. The normalized spacial score (nSPS) is 19.4. The number of nitrogens with one attached hydrogen (secondary N) is 1. The zero-order valence-corrected chi connectivity index (χ0v) is 10.0. The van der Waals surface area contributed by atoms with Crippen molar-refractivity contribution in [1.29, 1.82) is 0 Å². The second-order valence-electron chi connectivity index (χ2n) is 4.41. The van der Waals surface area contributed by atoms with Crippen molar-refractivity contribution < 1.29 is 4.79 Å². The first-order valence-electron chi connectivity index (χ1n) is 6.17. The molecule has 0 radical (unpaired) electrons. The van der Waals surface area contributed by atoms with Crippen molar-refractivity contribution in [3.8, 4) is 0 Å². The van der Waals surface area contributed by atoms with Crippen molar-refractivity contribution in [3.63, 3.8) is 0 Å². The van der Waals surface area contributed by atoms with Crippen LogP contribution in [0.3, 0.4) is 0 Å². The van der Waals surface area contributed by atoms with Gasteiger partial charge in [-0.1, -0.05) is 6.92 Å². The first-order chi connectivity index (χ1) is 7.76. The lowest BCUT2D eigenvalue weighted by Gasteiger charge is -2.22. The van der Waals surface area contributed by atoms with Crippen LogP contribution in [0, 0.1) is 5.92 Å². The number of carbonyl (C=O) groups excluding carboxylic acids is 1. The van der Waals surface area contributed by atoms with E-state index in [0.717, 1.165) is 37.1 Å². The van der Waals surface area contributed by atoms with Crippen molar-refractivity contribution in [2.24, 2.45) is 5.92 Å². The van der Waals surface area contributed by atoms with E-state index in [1.165, 1.54) is 5.56 Å². The SMILES string of the molecule is CCNc1ccc2c(c1)CC[C@@H](CC)C2=O. The largest absolute Gasteiger partial charge is 0.385 e. The molecule has 1 aromatic carbocycles. The molecule has 0 bridgehead atoms. The van der Waals surface area contributed by atoms with Gasteiger partial charge in [0.25, 0.3) is 0 Å². The van der Waals surface area contributed by atoms with Gasteiger partial charge in [0.2, 0.25) is 0 Å². The first-order valence-corrected chi connectivity index (χ1v) is 6.17. The van der Waals surface area contributed by atoms with Gasteiger partial charge in [-0.25, -0.2) is 0 Å². The second kappa shape index (κ2) is 4.69. The van der Waals surface area contributed by atoms with Gasteiger partial charge in [-0.2, -0.15) is 0 Å². The summed E-state index contributed by atoms with van der Waals surface area (Å²) in [7, 11) is 0. The molecule has 0 unspecified atom stereocenters. The number of anilines is 1. The summed E-state index contributed by atoms with van der Waals surface area (Å²) in [6.45, 7) is 5.10. The van der Waals surface area contributed by atoms with Gasteiger partial charge >= 0.3 is 0 Å². The summed E-state index contributed by atoms with van der Waals surface area (Å²) in [4.78, 5) is 12.1. The molecule has 0 saturated carbocycles. The maximum Gasteiger partial charge on any atom is 0.166 e. The molecule has 0 aromatic heterocycles. The molecule has 2 nitrogen and oxygen atoms in total. The maximum absolute atomic E-state index is 12.1.